The molecule has 0 spiro atoms. The fourth-order valence-corrected chi connectivity index (χ4v) is 6.79. The van der Waals surface area contributed by atoms with Gasteiger partial charge in [0, 0.05) is 38.3 Å². The standard InChI is InChI=1S/C26H28N6O4S2/c1-31(21-10-6-19(7-11-21)25-27-14-15-28-25)37(33,34)23-4-3-5-24(18-23)38(35,36)32(2)22-12-8-20(9-13-22)26-29-16-17-30-26/h3-13,18H,14-17H2,1-2H3,(H,27,28)(H,29,30). The molecule has 0 amide bonds. The van der Waals surface area contributed by atoms with E-state index in [1.165, 1.54) is 38.4 Å². The Morgan fingerprint density at radius 3 is 1.37 bits per heavy atom. The van der Waals surface area contributed by atoms with Gasteiger partial charge in [0.15, 0.2) is 0 Å². The smallest absolute Gasteiger partial charge is 0.264 e. The van der Waals surface area contributed by atoms with Crippen LogP contribution in [0.3, 0.4) is 0 Å². The predicted molar refractivity (Wildman–Crippen MR) is 149 cm³/mol. The van der Waals surface area contributed by atoms with E-state index in [0.717, 1.165) is 44.5 Å². The molecule has 10 nitrogen and oxygen atoms in total. The van der Waals surface area contributed by atoms with Gasteiger partial charge in [0.25, 0.3) is 20.0 Å². The van der Waals surface area contributed by atoms with Crippen molar-refractivity contribution >= 4 is 43.1 Å². The number of benzene rings is 3. The van der Waals surface area contributed by atoms with Crippen molar-refractivity contribution in [1.82, 2.24) is 10.6 Å². The van der Waals surface area contributed by atoms with Crippen molar-refractivity contribution in [2.45, 2.75) is 9.79 Å². The average Bonchev–Trinajstić information content (AvgIpc) is 3.68. The summed E-state index contributed by atoms with van der Waals surface area (Å²) in [5.41, 5.74) is 2.63. The number of rotatable bonds is 8. The minimum absolute atomic E-state index is 0.124. The zero-order valence-corrected chi connectivity index (χ0v) is 22.6. The number of amidine groups is 2. The summed E-state index contributed by atoms with van der Waals surface area (Å²) in [5, 5.41) is 6.37. The molecule has 2 N–H and O–H groups in total. The zero-order chi connectivity index (χ0) is 26.9. The first-order chi connectivity index (χ1) is 18.2. The molecular weight excluding hydrogens is 524 g/mol. The van der Waals surface area contributed by atoms with Crippen LogP contribution in [0.4, 0.5) is 11.4 Å². The lowest BCUT2D eigenvalue weighted by Gasteiger charge is -2.22. The van der Waals surface area contributed by atoms with Gasteiger partial charge in [-0.1, -0.05) is 6.07 Å². The van der Waals surface area contributed by atoms with Crippen LogP contribution in [0.5, 0.6) is 0 Å². The number of hydrogen-bond donors (Lipinski definition) is 2. The minimum atomic E-state index is -4.03. The van der Waals surface area contributed by atoms with E-state index in [2.05, 4.69) is 20.6 Å². The number of hydrogen-bond acceptors (Lipinski definition) is 8. The number of nitrogens with one attached hydrogen (secondary N) is 2. The van der Waals surface area contributed by atoms with E-state index in [-0.39, 0.29) is 9.79 Å². The Bertz CT molecular complexity index is 1500. The van der Waals surface area contributed by atoms with E-state index in [4.69, 9.17) is 0 Å². The molecule has 0 bridgehead atoms. The Balaban J connectivity index is 1.38. The van der Waals surface area contributed by atoms with Crippen molar-refractivity contribution in [2.24, 2.45) is 9.98 Å². The van der Waals surface area contributed by atoms with Gasteiger partial charge in [-0.05, 0) is 66.7 Å². The largest absolute Gasteiger partial charge is 0.368 e. The molecule has 2 aliphatic heterocycles. The van der Waals surface area contributed by atoms with Gasteiger partial charge in [-0.2, -0.15) is 0 Å². The van der Waals surface area contributed by atoms with E-state index in [1.807, 2.05) is 0 Å². The molecule has 3 aromatic rings. The summed E-state index contributed by atoms with van der Waals surface area (Å²) < 4.78 is 55.9. The average molecular weight is 553 g/mol. The highest BCUT2D eigenvalue weighted by Gasteiger charge is 2.27. The lowest BCUT2D eigenvalue weighted by atomic mass is 10.2. The Hall–Kier alpha value is -3.90. The second kappa shape index (κ2) is 10.1. The first kappa shape index (κ1) is 25.7. The van der Waals surface area contributed by atoms with Gasteiger partial charge < -0.3 is 10.6 Å². The summed E-state index contributed by atoms with van der Waals surface area (Å²) >= 11 is 0. The molecule has 0 aromatic heterocycles. The molecule has 5 rings (SSSR count). The molecule has 38 heavy (non-hydrogen) atoms. The summed E-state index contributed by atoms with van der Waals surface area (Å²) in [4.78, 5) is 8.50. The number of nitrogens with zero attached hydrogens (tertiary/aromatic N) is 4. The maximum Gasteiger partial charge on any atom is 0.264 e. The Kier molecular flexibility index (Phi) is 6.84. The van der Waals surface area contributed by atoms with E-state index in [9.17, 15) is 16.8 Å². The lowest BCUT2D eigenvalue weighted by Crippen LogP contribution is -2.29. The van der Waals surface area contributed by atoms with Gasteiger partial charge in [-0.3, -0.25) is 18.6 Å². The van der Waals surface area contributed by atoms with Gasteiger partial charge in [0.1, 0.15) is 11.7 Å². The van der Waals surface area contributed by atoms with Gasteiger partial charge >= 0.3 is 0 Å². The fraction of sp³-hybridized carbons (Fsp3) is 0.231. The normalized spacial score (nSPS) is 15.3. The molecule has 0 saturated carbocycles. The van der Waals surface area contributed by atoms with Crippen LogP contribution in [0.25, 0.3) is 0 Å². The first-order valence-corrected chi connectivity index (χ1v) is 14.9. The second-order valence-electron chi connectivity index (χ2n) is 8.83. The molecule has 2 aliphatic rings. The topological polar surface area (TPSA) is 124 Å². The SMILES string of the molecule is CN(c1ccc(C2=NCCN2)cc1)S(=O)(=O)c1cccc(S(=O)(=O)N(C)c2ccc(C3=NCCN3)cc2)c1. The number of aliphatic imine (C=N–C) groups is 2. The van der Waals surface area contributed by atoms with Crippen molar-refractivity contribution in [3.63, 3.8) is 0 Å². The molecule has 0 fully saturated rings. The quantitative estimate of drug-likeness (QED) is 0.441. The fourth-order valence-electron chi connectivity index (χ4n) is 4.23. The Morgan fingerprint density at radius 2 is 1.03 bits per heavy atom. The highest BCUT2D eigenvalue weighted by Crippen LogP contribution is 2.27. The summed E-state index contributed by atoms with van der Waals surface area (Å²) in [6.07, 6.45) is 0. The molecule has 3 aromatic carbocycles. The third-order valence-electron chi connectivity index (χ3n) is 6.48. The molecule has 0 atom stereocenters. The van der Waals surface area contributed by atoms with Crippen LogP contribution in [0.15, 0.2) is 92.6 Å². The molecule has 0 unspecified atom stereocenters. The van der Waals surface area contributed by atoms with Gasteiger partial charge in [0.2, 0.25) is 0 Å². The highest BCUT2D eigenvalue weighted by molar-refractivity contribution is 7.93. The summed E-state index contributed by atoms with van der Waals surface area (Å²) in [7, 11) is -5.18. The van der Waals surface area contributed by atoms with Crippen molar-refractivity contribution in [1.29, 1.82) is 0 Å². The van der Waals surface area contributed by atoms with Crippen molar-refractivity contribution < 1.29 is 16.8 Å². The van der Waals surface area contributed by atoms with E-state index >= 15 is 0 Å². The van der Waals surface area contributed by atoms with Crippen molar-refractivity contribution in [3.05, 3.63) is 83.9 Å². The maximum absolute atomic E-state index is 13.4. The minimum Gasteiger partial charge on any atom is -0.368 e. The van der Waals surface area contributed by atoms with E-state index in [0.29, 0.717) is 24.5 Å². The second-order valence-corrected chi connectivity index (χ2v) is 12.8. The van der Waals surface area contributed by atoms with Crippen LogP contribution in [-0.4, -0.2) is 68.8 Å². The van der Waals surface area contributed by atoms with Crippen molar-refractivity contribution in [3.8, 4) is 0 Å². The van der Waals surface area contributed by atoms with Gasteiger partial charge in [-0.15, -0.1) is 0 Å². The Labute approximate surface area is 222 Å². The van der Waals surface area contributed by atoms with E-state index < -0.39 is 20.0 Å². The molecule has 2 heterocycles. The predicted octanol–water partition coefficient (Wildman–Crippen LogP) is 2.04. The third kappa shape index (κ3) is 4.84. The summed E-state index contributed by atoms with van der Waals surface area (Å²) in [6.45, 7) is 2.97. The number of sulfonamides is 2. The summed E-state index contributed by atoms with van der Waals surface area (Å²) in [6, 6.07) is 19.4. The molecule has 198 valence electrons. The van der Waals surface area contributed by atoms with Crippen molar-refractivity contribution in [2.75, 3.05) is 48.9 Å². The van der Waals surface area contributed by atoms with Crippen LogP contribution in [0.1, 0.15) is 11.1 Å². The lowest BCUT2D eigenvalue weighted by molar-refractivity contribution is 0.592. The zero-order valence-electron chi connectivity index (χ0n) is 21.0. The van der Waals surface area contributed by atoms with E-state index in [1.54, 1.807) is 48.5 Å². The molecule has 0 aliphatic carbocycles. The van der Waals surface area contributed by atoms with Crippen LogP contribution >= 0.6 is 0 Å². The first-order valence-electron chi connectivity index (χ1n) is 12.0. The van der Waals surface area contributed by atoms with Gasteiger partial charge in [0.05, 0.1) is 34.3 Å². The van der Waals surface area contributed by atoms with Gasteiger partial charge in [-0.25, -0.2) is 16.8 Å². The highest BCUT2D eigenvalue weighted by atomic mass is 32.2. The molecule has 12 heteroatoms. The third-order valence-corrected chi connectivity index (χ3v) is 10.0. The van der Waals surface area contributed by atoms with Crippen LogP contribution < -0.4 is 19.2 Å². The van der Waals surface area contributed by atoms with Crippen LogP contribution in [0, 0.1) is 0 Å². The Morgan fingerprint density at radius 1 is 0.632 bits per heavy atom. The number of anilines is 2. The van der Waals surface area contributed by atoms with Crippen LogP contribution in [-0.2, 0) is 20.0 Å². The molecule has 0 saturated heterocycles. The monoisotopic (exact) mass is 552 g/mol. The molecule has 0 radical (unpaired) electrons. The molecular formula is C26H28N6O4S2. The summed E-state index contributed by atoms with van der Waals surface area (Å²) in [5.74, 6) is 1.56. The van der Waals surface area contributed by atoms with Crippen LogP contribution in [0.2, 0.25) is 0 Å². The maximum atomic E-state index is 13.4.